The van der Waals surface area contributed by atoms with Crippen molar-refractivity contribution in [3.63, 3.8) is 0 Å². The predicted molar refractivity (Wildman–Crippen MR) is 98.8 cm³/mol. The summed E-state index contributed by atoms with van der Waals surface area (Å²) in [5, 5.41) is 19.3. The van der Waals surface area contributed by atoms with Crippen LogP contribution in [0.1, 0.15) is 11.1 Å². The summed E-state index contributed by atoms with van der Waals surface area (Å²) in [6.07, 6.45) is 1.67. The molecule has 4 nitrogen and oxygen atoms in total. The van der Waals surface area contributed by atoms with Crippen LogP contribution in [-0.2, 0) is 9.53 Å². The number of halogens is 3. The van der Waals surface area contributed by atoms with E-state index in [9.17, 15) is 15.0 Å². The number of rotatable bonds is 2. The zero-order chi connectivity index (χ0) is 17.4. The molecule has 122 valence electrons. The molecular weight excluding hydrogens is 463 g/mol. The molecule has 2 N–H and O–H groups in total. The van der Waals surface area contributed by atoms with E-state index >= 15 is 0 Å². The summed E-state index contributed by atoms with van der Waals surface area (Å²) in [5.74, 6) is -0.109. The molecule has 2 aromatic carbocycles. The fourth-order valence-electron chi connectivity index (χ4n) is 2.20. The molecule has 24 heavy (non-hydrogen) atoms. The van der Waals surface area contributed by atoms with Crippen LogP contribution in [0.3, 0.4) is 0 Å². The van der Waals surface area contributed by atoms with Crippen LogP contribution in [0.5, 0.6) is 11.5 Å². The number of phenols is 2. The van der Waals surface area contributed by atoms with Gasteiger partial charge in [-0.2, -0.15) is 0 Å². The van der Waals surface area contributed by atoms with E-state index in [2.05, 4.69) is 31.9 Å². The van der Waals surface area contributed by atoms with Crippen molar-refractivity contribution < 1.29 is 19.7 Å². The standard InChI is InChI=1S/C17H9Br2ClO4/c18-10-5-8(1-3-12(10)21)6-14-15(16(19)17(23)24-14)9-2-4-13(22)11(20)7-9/h1-7,21-22H/b14-6-. The van der Waals surface area contributed by atoms with E-state index in [1.807, 2.05) is 0 Å². The van der Waals surface area contributed by atoms with Crippen LogP contribution < -0.4 is 0 Å². The molecule has 0 radical (unpaired) electrons. The number of ether oxygens (including phenoxy) is 1. The number of hydrogen-bond acceptors (Lipinski definition) is 4. The minimum atomic E-state index is -0.515. The van der Waals surface area contributed by atoms with Gasteiger partial charge in [0.25, 0.3) is 0 Å². The molecule has 0 amide bonds. The maximum atomic E-state index is 11.9. The van der Waals surface area contributed by atoms with Crippen LogP contribution in [0.2, 0.25) is 5.02 Å². The second-order valence-corrected chi connectivity index (χ2v) is 7.02. The van der Waals surface area contributed by atoms with Crippen molar-refractivity contribution in [1.82, 2.24) is 0 Å². The summed E-state index contributed by atoms with van der Waals surface area (Å²) in [6.45, 7) is 0. The van der Waals surface area contributed by atoms with Gasteiger partial charge in [0.15, 0.2) is 0 Å². The van der Waals surface area contributed by atoms with E-state index in [1.165, 1.54) is 12.1 Å². The van der Waals surface area contributed by atoms with Gasteiger partial charge in [0, 0.05) is 5.57 Å². The molecule has 0 bridgehead atoms. The average Bonchev–Trinajstić information content (AvgIpc) is 2.81. The Hall–Kier alpha value is -1.76. The van der Waals surface area contributed by atoms with Crippen molar-refractivity contribution in [3.8, 4) is 11.5 Å². The van der Waals surface area contributed by atoms with Gasteiger partial charge in [-0.3, -0.25) is 0 Å². The largest absolute Gasteiger partial charge is 0.507 e. The second-order valence-electron chi connectivity index (χ2n) is 4.96. The summed E-state index contributed by atoms with van der Waals surface area (Å²) >= 11 is 12.4. The normalized spacial score (nSPS) is 16.0. The third-order valence-corrected chi connectivity index (χ3v) is 5.01. The highest BCUT2D eigenvalue weighted by atomic mass is 79.9. The number of benzene rings is 2. The highest BCUT2D eigenvalue weighted by Gasteiger charge is 2.29. The maximum Gasteiger partial charge on any atom is 0.351 e. The number of aromatic hydroxyl groups is 2. The lowest BCUT2D eigenvalue weighted by molar-refractivity contribution is -0.132. The molecule has 1 aliphatic rings. The quantitative estimate of drug-likeness (QED) is 0.589. The minimum Gasteiger partial charge on any atom is -0.507 e. The van der Waals surface area contributed by atoms with Gasteiger partial charge in [-0.15, -0.1) is 0 Å². The Morgan fingerprint density at radius 1 is 1.04 bits per heavy atom. The van der Waals surface area contributed by atoms with Gasteiger partial charge in [-0.05, 0) is 73.3 Å². The number of allylic oxidation sites excluding steroid dienone is 1. The van der Waals surface area contributed by atoms with Gasteiger partial charge < -0.3 is 14.9 Å². The van der Waals surface area contributed by atoms with E-state index in [-0.39, 0.29) is 21.0 Å². The van der Waals surface area contributed by atoms with Gasteiger partial charge in [-0.1, -0.05) is 23.7 Å². The molecule has 0 saturated carbocycles. The van der Waals surface area contributed by atoms with Gasteiger partial charge in [0.1, 0.15) is 21.7 Å². The smallest absolute Gasteiger partial charge is 0.351 e. The SMILES string of the molecule is O=C1O/C(=C\c2ccc(O)c(Br)c2)C(c2ccc(O)c(Cl)c2)=C1Br. The van der Waals surface area contributed by atoms with Crippen LogP contribution in [-0.4, -0.2) is 16.2 Å². The summed E-state index contributed by atoms with van der Waals surface area (Å²) in [5.41, 5.74) is 1.89. The fourth-order valence-corrected chi connectivity index (χ4v) is 3.29. The highest BCUT2D eigenvalue weighted by molar-refractivity contribution is 9.12. The monoisotopic (exact) mass is 470 g/mol. The lowest BCUT2D eigenvalue weighted by Crippen LogP contribution is -1.93. The maximum absolute atomic E-state index is 11.9. The molecule has 0 saturated heterocycles. The van der Waals surface area contributed by atoms with E-state index in [0.717, 1.165) is 5.56 Å². The second kappa shape index (κ2) is 6.63. The number of cyclic esters (lactones) is 1. The van der Waals surface area contributed by atoms with Crippen molar-refractivity contribution in [2.45, 2.75) is 0 Å². The van der Waals surface area contributed by atoms with E-state index < -0.39 is 5.97 Å². The third-order valence-electron chi connectivity index (χ3n) is 3.35. The molecular formula is C17H9Br2ClO4. The van der Waals surface area contributed by atoms with Crippen molar-refractivity contribution in [2.75, 3.05) is 0 Å². The van der Waals surface area contributed by atoms with Crippen LogP contribution in [0, 0.1) is 0 Å². The zero-order valence-corrected chi connectivity index (χ0v) is 15.8. The van der Waals surface area contributed by atoms with Crippen LogP contribution >= 0.6 is 43.5 Å². The molecule has 0 atom stereocenters. The van der Waals surface area contributed by atoms with Crippen molar-refractivity contribution >= 4 is 61.1 Å². The number of hydrogen-bond donors (Lipinski definition) is 2. The topological polar surface area (TPSA) is 66.8 Å². The van der Waals surface area contributed by atoms with E-state index in [1.54, 1.807) is 30.3 Å². The number of carbonyl (C=O) groups excluding carboxylic acids is 1. The van der Waals surface area contributed by atoms with Gasteiger partial charge in [-0.25, -0.2) is 4.79 Å². The molecule has 3 rings (SSSR count). The first-order valence-electron chi connectivity index (χ1n) is 6.68. The van der Waals surface area contributed by atoms with Crippen LogP contribution in [0.15, 0.2) is 51.1 Å². The Morgan fingerprint density at radius 2 is 1.75 bits per heavy atom. The summed E-state index contributed by atoms with van der Waals surface area (Å²) < 4.78 is 6.10. The summed E-state index contributed by atoms with van der Waals surface area (Å²) in [6, 6.07) is 9.56. The van der Waals surface area contributed by atoms with Crippen LogP contribution in [0.4, 0.5) is 0 Å². The van der Waals surface area contributed by atoms with E-state index in [0.29, 0.717) is 21.4 Å². The van der Waals surface area contributed by atoms with Gasteiger partial charge in [0.2, 0.25) is 0 Å². The first kappa shape index (κ1) is 17.1. The zero-order valence-electron chi connectivity index (χ0n) is 11.9. The molecule has 0 aromatic heterocycles. The van der Waals surface area contributed by atoms with Gasteiger partial charge in [0.05, 0.1) is 9.50 Å². The molecule has 7 heteroatoms. The van der Waals surface area contributed by atoms with Crippen molar-refractivity contribution in [2.24, 2.45) is 0 Å². The van der Waals surface area contributed by atoms with Crippen molar-refractivity contribution in [1.29, 1.82) is 0 Å². The first-order chi connectivity index (χ1) is 11.4. The molecule has 0 fully saturated rings. The lowest BCUT2D eigenvalue weighted by Gasteiger charge is -2.07. The summed E-state index contributed by atoms with van der Waals surface area (Å²) in [4.78, 5) is 11.9. The number of carbonyl (C=O) groups is 1. The third kappa shape index (κ3) is 3.22. The highest BCUT2D eigenvalue weighted by Crippen LogP contribution is 2.40. The number of esters is 1. The average molecular weight is 473 g/mol. The van der Waals surface area contributed by atoms with E-state index in [4.69, 9.17) is 16.3 Å². The Balaban J connectivity index is 2.10. The minimum absolute atomic E-state index is 0.0459. The Bertz CT molecular complexity index is 919. The Kier molecular flexibility index (Phi) is 4.71. The molecule has 1 aliphatic heterocycles. The molecule has 2 aromatic rings. The van der Waals surface area contributed by atoms with Crippen LogP contribution in [0.25, 0.3) is 11.6 Å². The lowest BCUT2D eigenvalue weighted by atomic mass is 10.0. The number of phenolic OH excluding ortho intramolecular Hbond substituents is 2. The Labute approximate surface area is 159 Å². The van der Waals surface area contributed by atoms with Gasteiger partial charge >= 0.3 is 5.97 Å². The fraction of sp³-hybridized carbons (Fsp3) is 0. The molecule has 0 unspecified atom stereocenters. The Morgan fingerprint density at radius 3 is 2.42 bits per heavy atom. The molecule has 0 spiro atoms. The predicted octanol–water partition coefficient (Wildman–Crippen LogP) is 5.22. The molecule has 1 heterocycles. The first-order valence-corrected chi connectivity index (χ1v) is 8.64. The molecule has 0 aliphatic carbocycles. The van der Waals surface area contributed by atoms with Crippen molar-refractivity contribution in [3.05, 3.63) is 67.3 Å². The summed E-state index contributed by atoms with van der Waals surface area (Å²) in [7, 11) is 0.